The molecule has 0 fully saturated rings. The van der Waals surface area contributed by atoms with E-state index >= 15 is 0 Å². The molecule has 1 aliphatic heterocycles. The van der Waals surface area contributed by atoms with Crippen LogP contribution in [0.3, 0.4) is 0 Å². The van der Waals surface area contributed by atoms with Crippen molar-refractivity contribution in [1.29, 1.82) is 0 Å². The molecule has 0 radical (unpaired) electrons. The zero-order chi connectivity index (χ0) is 14.5. The Morgan fingerprint density at radius 2 is 2.16 bits per heavy atom. The molecule has 0 aromatic rings. The number of carbonyl (C=O) groups is 2. The fraction of sp³-hybridized carbons (Fsp3) is 0.636. The molecule has 0 aromatic carbocycles. The normalized spacial score (nSPS) is 19.8. The van der Waals surface area contributed by atoms with Crippen molar-refractivity contribution in [3.05, 3.63) is 11.6 Å². The first-order valence-electron chi connectivity index (χ1n) is 5.94. The Morgan fingerprint density at radius 1 is 1.47 bits per heavy atom. The first-order valence-corrected chi connectivity index (χ1v) is 9.02. The Morgan fingerprint density at radius 3 is 2.63 bits per heavy atom. The smallest absolute Gasteiger partial charge is 0.310 e. The monoisotopic (exact) mass is 309 g/mol. The molecule has 0 aromatic heterocycles. The third-order valence-corrected chi connectivity index (χ3v) is 5.85. The van der Waals surface area contributed by atoms with Gasteiger partial charge in [-0.1, -0.05) is 0 Å². The molecule has 6 nitrogen and oxygen atoms in total. The van der Waals surface area contributed by atoms with E-state index in [1.807, 2.05) is 0 Å². The van der Waals surface area contributed by atoms with Crippen LogP contribution in [0.5, 0.6) is 0 Å². The summed E-state index contributed by atoms with van der Waals surface area (Å²) in [5.41, 5.74) is 0.364. The second kappa shape index (κ2) is 7.12. The van der Waals surface area contributed by atoms with Gasteiger partial charge in [-0.15, -0.1) is 0 Å². The minimum atomic E-state index is -2.93. The summed E-state index contributed by atoms with van der Waals surface area (Å²) in [6.07, 6.45) is 3.01. The zero-order valence-corrected chi connectivity index (χ0v) is 12.1. The standard InChI is InChI=1S/C11H17O6PS/c12-9(13)5-4-8(11(14)15)7-18(16,19)10-3-1-2-6-17-10/h3,8,16,19H,1-2,4-7H2,(H-,12,13,14,15)/p+1. The molecule has 2 unspecified atom stereocenters. The predicted octanol–water partition coefficient (Wildman–Crippen LogP) is 1.97. The van der Waals surface area contributed by atoms with Crippen LogP contribution in [0.1, 0.15) is 25.7 Å². The van der Waals surface area contributed by atoms with Crippen molar-refractivity contribution in [2.24, 2.45) is 5.92 Å². The van der Waals surface area contributed by atoms with Gasteiger partial charge in [0.05, 0.1) is 12.5 Å². The van der Waals surface area contributed by atoms with Crippen molar-refractivity contribution < 1.29 is 29.4 Å². The fourth-order valence-electron chi connectivity index (χ4n) is 1.78. The first-order chi connectivity index (χ1) is 8.83. The lowest BCUT2D eigenvalue weighted by atomic mass is 10.1. The van der Waals surface area contributed by atoms with Gasteiger partial charge < -0.3 is 14.9 Å². The van der Waals surface area contributed by atoms with Crippen LogP contribution in [0.25, 0.3) is 0 Å². The Labute approximate surface area is 117 Å². The van der Waals surface area contributed by atoms with Crippen LogP contribution in [0.4, 0.5) is 0 Å². The third-order valence-electron chi connectivity index (χ3n) is 2.80. The van der Waals surface area contributed by atoms with E-state index < -0.39 is 24.5 Å². The van der Waals surface area contributed by atoms with Crippen molar-refractivity contribution in [2.75, 3.05) is 12.8 Å². The van der Waals surface area contributed by atoms with Crippen LogP contribution in [-0.4, -0.2) is 39.8 Å². The van der Waals surface area contributed by atoms with Gasteiger partial charge in [0.15, 0.2) is 0 Å². The van der Waals surface area contributed by atoms with Gasteiger partial charge in [0.1, 0.15) is 6.16 Å². The molecule has 0 amide bonds. The molecular formula is C11H18O6PS+. The third kappa shape index (κ3) is 5.38. The fourth-order valence-corrected chi connectivity index (χ4v) is 4.64. The summed E-state index contributed by atoms with van der Waals surface area (Å²) >= 11 is 4.17. The number of thiol groups is 1. The van der Waals surface area contributed by atoms with Crippen LogP contribution < -0.4 is 0 Å². The number of rotatable bonds is 7. The van der Waals surface area contributed by atoms with Crippen molar-refractivity contribution in [3.8, 4) is 0 Å². The molecule has 0 saturated heterocycles. The molecule has 19 heavy (non-hydrogen) atoms. The van der Waals surface area contributed by atoms with Gasteiger partial charge in [-0.2, -0.15) is 0 Å². The number of allylic oxidation sites excluding steroid dienone is 1. The second-order valence-electron chi connectivity index (χ2n) is 4.41. The topological polar surface area (TPSA) is 104 Å². The zero-order valence-electron chi connectivity index (χ0n) is 10.4. The summed E-state index contributed by atoms with van der Waals surface area (Å²) in [5.74, 6) is -3.11. The predicted molar refractivity (Wildman–Crippen MR) is 74.3 cm³/mol. The molecule has 108 valence electrons. The molecule has 0 spiro atoms. The number of carboxylic acid groups (broad SMARTS) is 2. The molecule has 0 aliphatic carbocycles. The van der Waals surface area contributed by atoms with Crippen molar-refractivity contribution in [1.82, 2.24) is 0 Å². The van der Waals surface area contributed by atoms with E-state index in [0.717, 1.165) is 12.8 Å². The van der Waals surface area contributed by atoms with E-state index in [0.29, 0.717) is 12.1 Å². The highest BCUT2D eigenvalue weighted by Crippen LogP contribution is 2.68. The molecule has 8 heteroatoms. The Bertz CT molecular complexity index is 381. The van der Waals surface area contributed by atoms with Crippen molar-refractivity contribution >= 4 is 30.9 Å². The van der Waals surface area contributed by atoms with Gasteiger partial charge in [-0.25, -0.2) is 4.89 Å². The highest BCUT2D eigenvalue weighted by atomic mass is 32.7. The number of ether oxygens (including phenoxy) is 1. The quantitative estimate of drug-likeness (QED) is 0.423. The van der Waals surface area contributed by atoms with Gasteiger partial charge in [0.2, 0.25) is 0 Å². The highest BCUT2D eigenvalue weighted by molar-refractivity contribution is 8.52. The van der Waals surface area contributed by atoms with Crippen molar-refractivity contribution in [2.45, 2.75) is 25.7 Å². The number of hydrogen-bond donors (Lipinski definition) is 4. The summed E-state index contributed by atoms with van der Waals surface area (Å²) in [4.78, 5) is 31.9. The molecule has 1 rings (SSSR count). The number of carboxylic acids is 2. The van der Waals surface area contributed by atoms with Crippen molar-refractivity contribution in [3.63, 3.8) is 0 Å². The minimum absolute atomic E-state index is 0.0270. The highest BCUT2D eigenvalue weighted by Gasteiger charge is 2.44. The number of hydrogen-bond acceptors (Lipinski definition) is 5. The van der Waals surface area contributed by atoms with Crippen LogP contribution in [0, 0.1) is 5.92 Å². The van der Waals surface area contributed by atoms with Crippen LogP contribution >= 0.6 is 18.9 Å². The first kappa shape index (κ1) is 16.3. The van der Waals surface area contributed by atoms with Crippen LogP contribution in [0.2, 0.25) is 0 Å². The number of aliphatic carboxylic acids is 2. The van der Waals surface area contributed by atoms with Gasteiger partial charge in [-0.05, 0) is 25.3 Å². The van der Waals surface area contributed by atoms with Gasteiger partial charge in [-0.3, -0.25) is 9.59 Å². The minimum Gasteiger partial charge on any atom is -0.481 e. The SMILES string of the molecule is O=C(O)CCC(C[P+](O)(S)C1=CCCCO1)C(=O)O. The molecule has 0 bridgehead atoms. The molecule has 3 N–H and O–H groups in total. The van der Waals surface area contributed by atoms with E-state index in [2.05, 4.69) is 12.2 Å². The van der Waals surface area contributed by atoms with Crippen LogP contribution in [0.15, 0.2) is 11.6 Å². The van der Waals surface area contributed by atoms with Gasteiger partial charge in [0.25, 0.3) is 12.2 Å². The Kier molecular flexibility index (Phi) is 6.10. The van der Waals surface area contributed by atoms with Gasteiger partial charge in [0, 0.05) is 18.7 Å². The average Bonchev–Trinajstić information content (AvgIpc) is 2.35. The summed E-state index contributed by atoms with van der Waals surface area (Å²) in [5, 5.41) is 17.7. The summed E-state index contributed by atoms with van der Waals surface area (Å²) in [6.45, 7) is -2.44. The summed E-state index contributed by atoms with van der Waals surface area (Å²) in [6, 6.07) is 0. The largest absolute Gasteiger partial charge is 0.481 e. The molecule has 2 atom stereocenters. The maximum atomic E-state index is 11.1. The second-order valence-corrected chi connectivity index (χ2v) is 8.67. The van der Waals surface area contributed by atoms with E-state index in [9.17, 15) is 14.5 Å². The van der Waals surface area contributed by atoms with E-state index in [-0.39, 0.29) is 19.0 Å². The lowest BCUT2D eigenvalue weighted by Crippen LogP contribution is -2.21. The maximum Gasteiger partial charge on any atom is 0.310 e. The Balaban J connectivity index is 2.68. The van der Waals surface area contributed by atoms with Crippen LogP contribution in [-0.2, 0) is 14.3 Å². The van der Waals surface area contributed by atoms with Gasteiger partial charge >= 0.3 is 11.9 Å². The van der Waals surface area contributed by atoms with E-state index in [1.165, 1.54) is 0 Å². The molecular weight excluding hydrogens is 291 g/mol. The van der Waals surface area contributed by atoms with E-state index in [1.54, 1.807) is 6.08 Å². The van der Waals surface area contributed by atoms with E-state index in [4.69, 9.17) is 14.9 Å². The maximum absolute atomic E-state index is 11.1. The lowest BCUT2D eigenvalue weighted by Gasteiger charge is -2.21. The molecule has 1 heterocycles. The summed E-state index contributed by atoms with van der Waals surface area (Å²) in [7, 11) is 0. The molecule has 1 aliphatic rings. The molecule has 0 saturated carbocycles. The summed E-state index contributed by atoms with van der Waals surface area (Å²) < 4.78 is 5.32. The lowest BCUT2D eigenvalue weighted by molar-refractivity contribution is -0.142. The average molecular weight is 309 g/mol. The Hall–Kier alpha value is -0.780.